The molecule has 0 aromatic heterocycles. The topological polar surface area (TPSA) is 71.1 Å². The van der Waals surface area contributed by atoms with E-state index < -0.39 is 10.9 Å². The van der Waals surface area contributed by atoms with E-state index in [1.165, 1.54) is 12.1 Å². The first kappa shape index (κ1) is 24.3. The fourth-order valence-electron chi connectivity index (χ4n) is 5.25. The van der Waals surface area contributed by atoms with Crippen molar-refractivity contribution < 1.29 is 13.9 Å². The van der Waals surface area contributed by atoms with Crippen molar-refractivity contribution in [2.24, 2.45) is 5.92 Å². The zero-order valence-electron chi connectivity index (χ0n) is 20.6. The molecular formula is C28H32FN3O4. The summed E-state index contributed by atoms with van der Waals surface area (Å²) in [7, 11) is 1.64. The molecule has 0 radical (unpaired) electrons. The summed E-state index contributed by atoms with van der Waals surface area (Å²) in [5, 5.41) is 3.25. The number of benzene rings is 2. The lowest BCUT2D eigenvalue weighted by molar-refractivity contribution is 0.167. The van der Waals surface area contributed by atoms with Crippen molar-refractivity contribution in [2.45, 2.75) is 25.7 Å². The summed E-state index contributed by atoms with van der Waals surface area (Å²) in [6.45, 7) is 4.77. The Morgan fingerprint density at radius 1 is 1.00 bits per heavy atom. The molecule has 0 aliphatic carbocycles. The Hall–Kier alpha value is -3.39. The molecule has 0 spiro atoms. The van der Waals surface area contributed by atoms with E-state index in [2.05, 4.69) is 10.2 Å². The lowest BCUT2D eigenvalue weighted by Gasteiger charge is -2.32. The maximum Gasteiger partial charge on any atom is 0.253 e. The van der Waals surface area contributed by atoms with Crippen molar-refractivity contribution in [3.63, 3.8) is 0 Å². The zero-order valence-corrected chi connectivity index (χ0v) is 20.6. The third-order valence-corrected chi connectivity index (χ3v) is 7.38. The molecule has 5 rings (SSSR count). The summed E-state index contributed by atoms with van der Waals surface area (Å²) in [6.07, 6.45) is 4.01. The van der Waals surface area contributed by atoms with Crippen molar-refractivity contribution in [3.05, 3.63) is 74.3 Å². The van der Waals surface area contributed by atoms with Crippen LogP contribution >= 0.6 is 0 Å². The van der Waals surface area contributed by atoms with E-state index in [1.807, 2.05) is 23.1 Å². The predicted octanol–water partition coefficient (Wildman–Crippen LogP) is 3.72. The number of hydrogen-bond acceptors (Lipinski definition) is 7. The van der Waals surface area contributed by atoms with Gasteiger partial charge < -0.3 is 24.6 Å². The summed E-state index contributed by atoms with van der Waals surface area (Å²) >= 11 is 0. The molecule has 2 heterocycles. The van der Waals surface area contributed by atoms with Gasteiger partial charge >= 0.3 is 0 Å². The molecule has 0 saturated carbocycles. The van der Waals surface area contributed by atoms with Gasteiger partial charge in [-0.05, 0) is 92.7 Å². The third-order valence-electron chi connectivity index (χ3n) is 7.38. The van der Waals surface area contributed by atoms with E-state index in [0.29, 0.717) is 42.7 Å². The van der Waals surface area contributed by atoms with Crippen LogP contribution in [0.4, 0.5) is 21.5 Å². The van der Waals surface area contributed by atoms with Crippen LogP contribution in [-0.4, -0.2) is 51.3 Å². The number of rotatable bonds is 10. The molecule has 7 nitrogen and oxygen atoms in total. The van der Waals surface area contributed by atoms with E-state index >= 15 is 0 Å². The average molecular weight is 494 g/mol. The van der Waals surface area contributed by atoms with Crippen molar-refractivity contribution >= 4 is 17.1 Å². The maximum absolute atomic E-state index is 13.0. The van der Waals surface area contributed by atoms with Crippen LogP contribution in [0.15, 0.2) is 52.1 Å². The number of ether oxygens (including phenoxy) is 2. The lowest BCUT2D eigenvalue weighted by atomic mass is 9.94. The Bertz CT molecular complexity index is 1260. The number of piperidine rings is 1. The highest BCUT2D eigenvalue weighted by Gasteiger charge is 2.31. The summed E-state index contributed by atoms with van der Waals surface area (Å²) < 4.78 is 24.0. The molecule has 3 aromatic carbocycles. The molecule has 190 valence electrons. The van der Waals surface area contributed by atoms with Gasteiger partial charge in [0, 0.05) is 25.3 Å². The average Bonchev–Trinajstić information content (AvgIpc) is 3.32. The second-order valence-corrected chi connectivity index (χ2v) is 9.58. The number of anilines is 3. The number of nitrogens with zero attached hydrogens (tertiary/aromatic N) is 2. The number of hydrogen-bond donors (Lipinski definition) is 1. The van der Waals surface area contributed by atoms with Gasteiger partial charge in [-0.1, -0.05) is 0 Å². The molecule has 1 N–H and O–H groups in total. The quantitative estimate of drug-likeness (QED) is 0.432. The molecule has 2 aliphatic rings. The van der Waals surface area contributed by atoms with Gasteiger partial charge in [0.15, 0.2) is 0 Å². The zero-order chi connectivity index (χ0) is 25.1. The normalized spacial score (nSPS) is 16.3. The molecule has 3 aromatic rings. The van der Waals surface area contributed by atoms with Crippen molar-refractivity contribution in [3.8, 4) is 11.5 Å². The highest BCUT2D eigenvalue weighted by molar-refractivity contribution is 5.83. The first-order valence-electron chi connectivity index (χ1n) is 12.7. The summed E-state index contributed by atoms with van der Waals surface area (Å²) in [6, 6.07) is 12.0. The number of fused-ring (bicyclic) bond motifs is 1. The SMILES string of the molecule is COc1ccc2c(c1)CCN2c1c(NCCN2CCC(CCOc3ccc(F)cc3)CC2)c(=O)c1=O. The van der Waals surface area contributed by atoms with E-state index in [9.17, 15) is 14.0 Å². The maximum atomic E-state index is 13.0. The van der Waals surface area contributed by atoms with Crippen molar-refractivity contribution in [1.29, 1.82) is 0 Å². The van der Waals surface area contributed by atoms with Gasteiger partial charge in [-0.15, -0.1) is 0 Å². The number of methoxy groups -OCH3 is 1. The lowest BCUT2D eigenvalue weighted by Crippen LogP contribution is -2.42. The van der Waals surface area contributed by atoms with Crippen LogP contribution in [0.5, 0.6) is 11.5 Å². The van der Waals surface area contributed by atoms with Crippen LogP contribution in [0.2, 0.25) is 0 Å². The number of likely N-dealkylation sites (tertiary alicyclic amines) is 1. The molecule has 2 aliphatic heterocycles. The van der Waals surface area contributed by atoms with Crippen LogP contribution < -0.4 is 30.5 Å². The number of halogens is 1. The fraction of sp³-hybridized carbons (Fsp3) is 0.429. The Kier molecular flexibility index (Phi) is 7.23. The standard InChI is InChI=1S/C28H32FN3O4/c1-35-23-6-7-24-20(18-23)10-15-32(24)26-25(27(33)28(26)34)30-12-16-31-13-8-19(9-14-31)11-17-36-22-4-2-21(29)3-5-22/h2-7,18-19,30H,8-17H2,1H3. The highest BCUT2D eigenvalue weighted by Crippen LogP contribution is 2.37. The van der Waals surface area contributed by atoms with E-state index in [-0.39, 0.29) is 5.82 Å². The van der Waals surface area contributed by atoms with Gasteiger partial charge in [0.05, 0.1) is 13.7 Å². The smallest absolute Gasteiger partial charge is 0.253 e. The first-order valence-corrected chi connectivity index (χ1v) is 12.7. The van der Waals surface area contributed by atoms with Gasteiger partial charge in [0.2, 0.25) is 0 Å². The van der Waals surface area contributed by atoms with Gasteiger partial charge in [-0.2, -0.15) is 0 Å². The molecule has 0 amide bonds. The van der Waals surface area contributed by atoms with Gasteiger partial charge in [-0.25, -0.2) is 4.39 Å². The monoisotopic (exact) mass is 493 g/mol. The molecule has 0 unspecified atom stereocenters. The molecule has 1 fully saturated rings. The van der Waals surface area contributed by atoms with Gasteiger partial charge in [-0.3, -0.25) is 9.59 Å². The van der Waals surface area contributed by atoms with Crippen LogP contribution in [0.3, 0.4) is 0 Å². The number of nitrogens with one attached hydrogen (secondary N) is 1. The fourth-order valence-corrected chi connectivity index (χ4v) is 5.25. The molecule has 8 heteroatoms. The minimum Gasteiger partial charge on any atom is -0.497 e. The predicted molar refractivity (Wildman–Crippen MR) is 139 cm³/mol. The van der Waals surface area contributed by atoms with Crippen LogP contribution in [0.25, 0.3) is 0 Å². The highest BCUT2D eigenvalue weighted by atomic mass is 19.1. The molecule has 36 heavy (non-hydrogen) atoms. The van der Waals surface area contributed by atoms with Crippen molar-refractivity contribution in [2.75, 3.05) is 56.7 Å². The Morgan fingerprint density at radius 3 is 2.50 bits per heavy atom. The van der Waals surface area contributed by atoms with E-state index in [0.717, 1.165) is 62.3 Å². The second kappa shape index (κ2) is 10.7. The third kappa shape index (κ3) is 5.09. The molecule has 0 bridgehead atoms. The Labute approximate surface area is 210 Å². The van der Waals surface area contributed by atoms with Crippen LogP contribution in [0, 0.1) is 11.7 Å². The Morgan fingerprint density at radius 2 is 1.75 bits per heavy atom. The second-order valence-electron chi connectivity index (χ2n) is 9.58. The molecular weight excluding hydrogens is 461 g/mol. The molecule has 0 atom stereocenters. The van der Waals surface area contributed by atoms with Crippen LogP contribution in [0.1, 0.15) is 24.8 Å². The summed E-state index contributed by atoms with van der Waals surface area (Å²) in [5.74, 6) is 1.86. The van der Waals surface area contributed by atoms with E-state index in [4.69, 9.17) is 9.47 Å². The minimum absolute atomic E-state index is 0.257. The van der Waals surface area contributed by atoms with Crippen molar-refractivity contribution in [1.82, 2.24) is 4.90 Å². The van der Waals surface area contributed by atoms with Gasteiger partial charge in [0.1, 0.15) is 28.7 Å². The minimum atomic E-state index is -0.424. The summed E-state index contributed by atoms with van der Waals surface area (Å²) in [4.78, 5) is 29.1. The van der Waals surface area contributed by atoms with Gasteiger partial charge in [0.25, 0.3) is 10.9 Å². The van der Waals surface area contributed by atoms with Crippen LogP contribution in [-0.2, 0) is 6.42 Å². The first-order chi connectivity index (χ1) is 17.5. The Balaban J connectivity index is 1.07. The largest absolute Gasteiger partial charge is 0.497 e. The summed E-state index contributed by atoms with van der Waals surface area (Å²) in [5.41, 5.74) is 2.19. The molecule has 1 saturated heterocycles. The van der Waals surface area contributed by atoms with E-state index in [1.54, 1.807) is 19.2 Å².